The molecule has 154 valence electrons. The Labute approximate surface area is 173 Å². The fraction of sp³-hybridized carbons (Fsp3) is 0.227. The maximum absolute atomic E-state index is 12.4. The summed E-state index contributed by atoms with van der Waals surface area (Å²) in [4.78, 5) is 40.5. The first-order valence-corrected chi connectivity index (χ1v) is 9.56. The minimum absolute atomic E-state index is 0.0767. The van der Waals surface area contributed by atoms with E-state index in [9.17, 15) is 14.4 Å². The van der Waals surface area contributed by atoms with E-state index in [-0.39, 0.29) is 17.3 Å². The highest BCUT2D eigenvalue weighted by atomic mass is 16.5. The van der Waals surface area contributed by atoms with Gasteiger partial charge in [0.1, 0.15) is 5.56 Å². The predicted molar refractivity (Wildman–Crippen MR) is 111 cm³/mol. The van der Waals surface area contributed by atoms with Gasteiger partial charge in [-0.1, -0.05) is 13.0 Å². The Morgan fingerprint density at radius 2 is 1.87 bits per heavy atom. The van der Waals surface area contributed by atoms with Crippen LogP contribution in [0.2, 0.25) is 0 Å². The molecule has 1 aromatic carbocycles. The fourth-order valence-electron chi connectivity index (χ4n) is 2.80. The maximum Gasteiger partial charge on any atom is 0.342 e. The van der Waals surface area contributed by atoms with E-state index in [1.54, 1.807) is 49.5 Å². The van der Waals surface area contributed by atoms with Gasteiger partial charge in [-0.3, -0.25) is 9.59 Å². The molecule has 8 nitrogen and oxygen atoms in total. The van der Waals surface area contributed by atoms with Crippen molar-refractivity contribution in [1.29, 1.82) is 0 Å². The van der Waals surface area contributed by atoms with Crippen molar-refractivity contribution in [2.75, 3.05) is 11.9 Å². The summed E-state index contributed by atoms with van der Waals surface area (Å²) in [5, 5.41) is 6.93. The smallest absolute Gasteiger partial charge is 0.342 e. The van der Waals surface area contributed by atoms with Crippen molar-refractivity contribution >= 4 is 23.3 Å². The zero-order valence-corrected chi connectivity index (χ0v) is 16.8. The van der Waals surface area contributed by atoms with Gasteiger partial charge in [-0.05, 0) is 49.7 Å². The van der Waals surface area contributed by atoms with Crippen LogP contribution < -0.4 is 5.32 Å². The number of ether oxygens (including phenoxy) is 1. The number of esters is 1. The third-order valence-corrected chi connectivity index (χ3v) is 4.40. The molecule has 1 N–H and O–H groups in total. The van der Waals surface area contributed by atoms with Gasteiger partial charge in [0.25, 0.3) is 0 Å². The molecule has 30 heavy (non-hydrogen) atoms. The molecule has 3 rings (SSSR count). The third kappa shape index (κ3) is 4.96. The lowest BCUT2D eigenvalue weighted by Gasteiger charge is -2.07. The van der Waals surface area contributed by atoms with Crippen LogP contribution in [-0.4, -0.2) is 39.0 Å². The van der Waals surface area contributed by atoms with Gasteiger partial charge < -0.3 is 10.1 Å². The quantitative estimate of drug-likeness (QED) is 0.454. The number of nitrogens with zero attached hydrogens (tertiary/aromatic N) is 3. The highest BCUT2D eigenvalue weighted by Crippen LogP contribution is 2.14. The van der Waals surface area contributed by atoms with Crippen LogP contribution in [-0.2, 0) is 9.53 Å². The Kier molecular flexibility index (Phi) is 6.69. The molecule has 0 aliphatic carbocycles. The molecule has 8 heteroatoms. The van der Waals surface area contributed by atoms with Crippen LogP contribution in [0.15, 0.2) is 54.9 Å². The minimum atomic E-state index is -0.633. The topological polar surface area (TPSA) is 103 Å². The van der Waals surface area contributed by atoms with E-state index in [1.807, 2.05) is 13.0 Å². The number of ketones is 1. The molecule has 0 bridgehead atoms. The zero-order chi connectivity index (χ0) is 21.5. The molecule has 0 saturated carbocycles. The summed E-state index contributed by atoms with van der Waals surface area (Å²) in [5.74, 6) is -0.473. The molecular weight excluding hydrogens is 384 g/mol. The molecule has 3 aromatic rings. The first-order valence-electron chi connectivity index (χ1n) is 9.56. The number of hydrogen-bond donors (Lipinski definition) is 1. The molecule has 0 saturated heterocycles. The molecular formula is C22H22N4O4. The average Bonchev–Trinajstić information content (AvgIpc) is 3.14. The number of hydrogen-bond acceptors (Lipinski definition) is 6. The van der Waals surface area contributed by atoms with Crippen molar-refractivity contribution in [1.82, 2.24) is 14.8 Å². The average molecular weight is 406 g/mol. The molecule has 2 heterocycles. The molecule has 0 radical (unpaired) electrons. The number of Topliss-reactive ketones (excluding diaryl/α,β-unsaturated/α-hetero) is 1. The summed E-state index contributed by atoms with van der Waals surface area (Å²) in [6.45, 7) is 3.26. The molecule has 0 aliphatic rings. The monoisotopic (exact) mass is 406 g/mol. The maximum atomic E-state index is 12.4. The van der Waals surface area contributed by atoms with Crippen molar-refractivity contribution in [2.45, 2.75) is 26.7 Å². The number of nitrogens with one attached hydrogen (secondary N) is 1. The largest absolute Gasteiger partial charge is 0.454 e. The summed E-state index contributed by atoms with van der Waals surface area (Å²) in [5.41, 5.74) is 1.83. The van der Waals surface area contributed by atoms with Crippen LogP contribution in [0.5, 0.6) is 0 Å². The van der Waals surface area contributed by atoms with Crippen LogP contribution in [0.3, 0.4) is 0 Å². The van der Waals surface area contributed by atoms with Gasteiger partial charge in [-0.2, -0.15) is 5.10 Å². The Morgan fingerprint density at radius 3 is 2.53 bits per heavy atom. The third-order valence-electron chi connectivity index (χ3n) is 4.40. The van der Waals surface area contributed by atoms with Crippen molar-refractivity contribution in [3.8, 4) is 5.82 Å². The molecule has 0 fully saturated rings. The fourth-order valence-corrected chi connectivity index (χ4v) is 2.80. The van der Waals surface area contributed by atoms with Gasteiger partial charge in [0.2, 0.25) is 5.91 Å². The number of pyridine rings is 1. The number of amides is 1. The molecule has 0 aliphatic heterocycles. The van der Waals surface area contributed by atoms with Crippen molar-refractivity contribution < 1.29 is 19.1 Å². The highest BCUT2D eigenvalue weighted by molar-refractivity contribution is 6.00. The van der Waals surface area contributed by atoms with Crippen molar-refractivity contribution in [2.24, 2.45) is 0 Å². The van der Waals surface area contributed by atoms with Crippen molar-refractivity contribution in [3.63, 3.8) is 0 Å². The van der Waals surface area contributed by atoms with Crippen molar-refractivity contribution in [3.05, 3.63) is 71.7 Å². The zero-order valence-electron chi connectivity index (χ0n) is 16.8. The summed E-state index contributed by atoms with van der Waals surface area (Å²) in [6, 6.07) is 11.8. The van der Waals surface area contributed by atoms with Crippen LogP contribution in [0.4, 0.5) is 5.69 Å². The van der Waals surface area contributed by atoms with E-state index in [4.69, 9.17) is 4.74 Å². The lowest BCUT2D eigenvalue weighted by atomic mass is 10.1. The number of carbonyl (C=O) groups is 3. The van der Waals surface area contributed by atoms with E-state index in [0.717, 1.165) is 6.42 Å². The predicted octanol–water partition coefficient (Wildman–Crippen LogP) is 3.35. The summed E-state index contributed by atoms with van der Waals surface area (Å²) in [6.07, 6.45) is 4.22. The SMILES string of the molecule is CCCC(=O)Nc1ccc(C(=O)COC(=O)c2cnn(-c3ccccn3)c2C)cc1. The Bertz CT molecular complexity index is 1040. The van der Waals surface area contributed by atoms with Gasteiger partial charge in [0, 0.05) is 23.9 Å². The van der Waals surface area contributed by atoms with Crippen LogP contribution in [0.25, 0.3) is 5.82 Å². The number of rotatable bonds is 8. The second-order valence-electron chi connectivity index (χ2n) is 6.62. The number of benzene rings is 1. The standard InChI is InChI=1S/C22H22N4O4/c1-3-6-21(28)25-17-10-8-16(9-11-17)19(27)14-30-22(29)18-13-24-26(15(18)2)20-7-4-5-12-23-20/h4-5,7-13H,3,6,14H2,1-2H3,(H,25,28). The van der Waals surface area contributed by atoms with Gasteiger partial charge in [0.05, 0.1) is 11.9 Å². The Hall–Kier alpha value is -3.81. The molecule has 2 aromatic heterocycles. The van der Waals surface area contributed by atoms with Gasteiger partial charge >= 0.3 is 5.97 Å². The molecule has 1 amide bonds. The summed E-state index contributed by atoms with van der Waals surface area (Å²) >= 11 is 0. The van der Waals surface area contributed by atoms with E-state index in [2.05, 4.69) is 15.4 Å². The van der Waals surface area contributed by atoms with E-state index in [0.29, 0.717) is 29.2 Å². The molecule has 0 spiro atoms. The van der Waals surface area contributed by atoms with E-state index < -0.39 is 12.6 Å². The summed E-state index contributed by atoms with van der Waals surface area (Å²) in [7, 11) is 0. The van der Waals surface area contributed by atoms with Gasteiger partial charge in [-0.25, -0.2) is 14.5 Å². The first kappa shape index (κ1) is 20.9. The highest BCUT2D eigenvalue weighted by Gasteiger charge is 2.18. The summed E-state index contributed by atoms with van der Waals surface area (Å²) < 4.78 is 6.70. The van der Waals surface area contributed by atoms with E-state index in [1.165, 1.54) is 10.9 Å². The molecule has 0 unspecified atom stereocenters. The normalized spacial score (nSPS) is 10.5. The van der Waals surface area contributed by atoms with Gasteiger partial charge in [0.15, 0.2) is 18.2 Å². The lowest BCUT2D eigenvalue weighted by molar-refractivity contribution is -0.116. The second-order valence-corrected chi connectivity index (χ2v) is 6.62. The Morgan fingerprint density at radius 1 is 1.10 bits per heavy atom. The lowest BCUT2D eigenvalue weighted by Crippen LogP contribution is -2.15. The van der Waals surface area contributed by atoms with E-state index >= 15 is 0 Å². The number of aromatic nitrogens is 3. The number of carbonyl (C=O) groups excluding carboxylic acids is 3. The number of anilines is 1. The first-order chi connectivity index (χ1) is 14.5. The van der Waals surface area contributed by atoms with Gasteiger partial charge in [-0.15, -0.1) is 0 Å². The minimum Gasteiger partial charge on any atom is -0.454 e. The van der Waals surface area contributed by atoms with Crippen LogP contribution >= 0.6 is 0 Å². The molecule has 0 atom stereocenters. The van der Waals surface area contributed by atoms with Crippen LogP contribution in [0.1, 0.15) is 46.2 Å². The van der Waals surface area contributed by atoms with Crippen LogP contribution in [0, 0.1) is 6.92 Å². The Balaban J connectivity index is 1.59. The second kappa shape index (κ2) is 9.60.